The monoisotopic (exact) mass is 209 g/mol. The van der Waals surface area contributed by atoms with Gasteiger partial charge in [-0.05, 0) is 12.5 Å². The molecule has 0 spiro atoms. The number of aliphatic hydroxyl groups is 1. The van der Waals surface area contributed by atoms with Crippen molar-refractivity contribution in [3.8, 4) is 0 Å². The van der Waals surface area contributed by atoms with Crippen LogP contribution in [-0.4, -0.2) is 17.7 Å². The van der Waals surface area contributed by atoms with E-state index in [-0.39, 0.29) is 5.56 Å². The summed E-state index contributed by atoms with van der Waals surface area (Å²) in [7, 11) is 0. The van der Waals surface area contributed by atoms with Crippen molar-refractivity contribution in [2.75, 3.05) is 6.61 Å². The number of aromatic nitrogens is 1. The third-order valence-corrected chi connectivity index (χ3v) is 2.45. The molecular weight excluding hydrogens is 198 g/mol. The maximum atomic E-state index is 11.4. The Morgan fingerprint density at radius 3 is 3.00 bits per heavy atom. The summed E-state index contributed by atoms with van der Waals surface area (Å²) in [4.78, 5) is 11.4. The second kappa shape index (κ2) is 3.51. The summed E-state index contributed by atoms with van der Waals surface area (Å²) in [5.74, 6) is -0.497. The predicted molar refractivity (Wildman–Crippen MR) is 50.0 cm³/mol. The number of nitrogens with zero attached hydrogens (tertiary/aromatic N) is 1. The number of aliphatic hydroxyl groups excluding tert-OH is 1. The number of fused-ring (bicyclic) bond motifs is 1. The SMILES string of the molecule is CC(O)c1c[n+]([O-])cc2c1CCOC2=O. The molecule has 5 nitrogen and oxygen atoms in total. The van der Waals surface area contributed by atoms with Crippen molar-refractivity contribution in [2.45, 2.75) is 19.4 Å². The number of hydrogen-bond acceptors (Lipinski definition) is 4. The minimum absolute atomic E-state index is 0.259. The minimum Gasteiger partial charge on any atom is -0.619 e. The van der Waals surface area contributed by atoms with Crippen LogP contribution in [0, 0.1) is 5.21 Å². The predicted octanol–water partition coefficient (Wildman–Crippen LogP) is 0.0862. The first-order valence-electron chi connectivity index (χ1n) is 4.70. The van der Waals surface area contributed by atoms with E-state index in [0.717, 1.165) is 0 Å². The van der Waals surface area contributed by atoms with Gasteiger partial charge in [-0.2, -0.15) is 4.73 Å². The van der Waals surface area contributed by atoms with Crippen molar-refractivity contribution in [2.24, 2.45) is 0 Å². The molecule has 0 saturated carbocycles. The lowest BCUT2D eigenvalue weighted by atomic mass is 9.97. The molecule has 0 radical (unpaired) electrons. The third kappa shape index (κ3) is 1.66. The summed E-state index contributed by atoms with van der Waals surface area (Å²) in [6.07, 6.45) is 2.26. The van der Waals surface area contributed by atoms with Crippen LogP contribution < -0.4 is 4.73 Å². The molecule has 0 fully saturated rings. The summed E-state index contributed by atoms with van der Waals surface area (Å²) in [6.45, 7) is 1.87. The fraction of sp³-hybridized carbons (Fsp3) is 0.400. The summed E-state index contributed by atoms with van der Waals surface area (Å²) in [5.41, 5.74) is 1.47. The first-order chi connectivity index (χ1) is 7.09. The Morgan fingerprint density at radius 2 is 2.33 bits per heavy atom. The van der Waals surface area contributed by atoms with E-state index >= 15 is 0 Å². The maximum absolute atomic E-state index is 11.4. The second-order valence-corrected chi connectivity index (χ2v) is 3.53. The Labute approximate surface area is 86.5 Å². The van der Waals surface area contributed by atoms with Crippen molar-refractivity contribution >= 4 is 5.97 Å². The fourth-order valence-electron chi connectivity index (χ4n) is 1.75. The Balaban J connectivity index is 2.62. The lowest BCUT2D eigenvalue weighted by molar-refractivity contribution is -0.606. The zero-order valence-electron chi connectivity index (χ0n) is 8.27. The molecular formula is C10H11NO4. The highest BCUT2D eigenvalue weighted by Crippen LogP contribution is 2.23. The summed E-state index contributed by atoms with van der Waals surface area (Å²) in [6, 6.07) is 0. The first kappa shape index (κ1) is 9.92. The van der Waals surface area contributed by atoms with Crippen LogP contribution in [0.15, 0.2) is 12.4 Å². The van der Waals surface area contributed by atoms with Gasteiger partial charge in [0.25, 0.3) is 0 Å². The van der Waals surface area contributed by atoms with E-state index in [0.29, 0.717) is 28.9 Å². The molecule has 0 aliphatic carbocycles. The number of hydrogen-bond donors (Lipinski definition) is 1. The van der Waals surface area contributed by atoms with E-state index in [2.05, 4.69) is 0 Å². The summed E-state index contributed by atoms with van der Waals surface area (Å²) < 4.78 is 5.34. The molecule has 1 aliphatic heterocycles. The van der Waals surface area contributed by atoms with Crippen LogP contribution >= 0.6 is 0 Å². The molecule has 15 heavy (non-hydrogen) atoms. The largest absolute Gasteiger partial charge is 0.619 e. The Bertz CT molecular complexity index is 414. The molecule has 1 aromatic heterocycles. The van der Waals surface area contributed by atoms with Gasteiger partial charge in [-0.3, -0.25) is 0 Å². The smallest absolute Gasteiger partial charge is 0.344 e. The van der Waals surface area contributed by atoms with E-state index in [1.165, 1.54) is 12.4 Å². The van der Waals surface area contributed by atoms with Crippen molar-refractivity contribution < 1.29 is 19.4 Å². The van der Waals surface area contributed by atoms with E-state index in [9.17, 15) is 15.1 Å². The Hall–Kier alpha value is -1.62. The molecule has 1 unspecified atom stereocenters. The van der Waals surface area contributed by atoms with Crippen molar-refractivity contribution in [1.29, 1.82) is 0 Å². The van der Waals surface area contributed by atoms with Crippen molar-refractivity contribution in [3.63, 3.8) is 0 Å². The van der Waals surface area contributed by atoms with Gasteiger partial charge in [-0.25, -0.2) is 4.79 Å². The molecule has 2 heterocycles. The van der Waals surface area contributed by atoms with Crippen LogP contribution in [0.3, 0.4) is 0 Å². The minimum atomic E-state index is -0.758. The molecule has 0 saturated heterocycles. The lowest BCUT2D eigenvalue weighted by Gasteiger charge is -2.18. The molecule has 1 aliphatic rings. The molecule has 80 valence electrons. The van der Waals surface area contributed by atoms with Gasteiger partial charge in [0.15, 0.2) is 12.4 Å². The molecule has 0 amide bonds. The van der Waals surface area contributed by atoms with Crippen LogP contribution in [0.25, 0.3) is 0 Å². The van der Waals surface area contributed by atoms with Gasteiger partial charge < -0.3 is 15.1 Å². The molecule has 0 bridgehead atoms. The van der Waals surface area contributed by atoms with Gasteiger partial charge >= 0.3 is 5.97 Å². The van der Waals surface area contributed by atoms with E-state index in [4.69, 9.17) is 4.74 Å². The highest BCUT2D eigenvalue weighted by molar-refractivity contribution is 5.91. The highest BCUT2D eigenvalue weighted by atomic mass is 16.5. The summed E-state index contributed by atoms with van der Waals surface area (Å²) >= 11 is 0. The second-order valence-electron chi connectivity index (χ2n) is 3.53. The Morgan fingerprint density at radius 1 is 1.60 bits per heavy atom. The van der Waals surface area contributed by atoms with Gasteiger partial charge in [-0.1, -0.05) is 0 Å². The van der Waals surface area contributed by atoms with Gasteiger partial charge in [0.05, 0.1) is 12.7 Å². The van der Waals surface area contributed by atoms with Gasteiger partial charge in [-0.15, -0.1) is 0 Å². The average Bonchev–Trinajstić information content (AvgIpc) is 2.18. The number of ether oxygens (including phenoxy) is 1. The van der Waals surface area contributed by atoms with Crippen LogP contribution in [-0.2, 0) is 11.2 Å². The zero-order chi connectivity index (χ0) is 11.0. The lowest BCUT2D eigenvalue weighted by Crippen LogP contribution is -2.32. The van der Waals surface area contributed by atoms with E-state index in [1.807, 2.05) is 0 Å². The Kier molecular flexibility index (Phi) is 2.32. The number of carbonyl (C=O) groups is 1. The molecule has 2 rings (SSSR count). The highest BCUT2D eigenvalue weighted by Gasteiger charge is 2.26. The number of cyclic esters (lactones) is 1. The fourth-order valence-corrected chi connectivity index (χ4v) is 1.75. The summed E-state index contributed by atoms with van der Waals surface area (Å²) in [5, 5.41) is 20.7. The number of esters is 1. The molecule has 1 N–H and O–H groups in total. The van der Waals surface area contributed by atoms with Gasteiger partial charge in [0.2, 0.25) is 0 Å². The first-order valence-corrected chi connectivity index (χ1v) is 4.70. The molecule has 1 atom stereocenters. The molecule has 1 aromatic rings. The normalized spacial score (nSPS) is 16.8. The quantitative estimate of drug-likeness (QED) is 0.404. The zero-order valence-corrected chi connectivity index (χ0v) is 8.27. The molecule has 0 aromatic carbocycles. The van der Waals surface area contributed by atoms with Crippen LogP contribution in [0.4, 0.5) is 0 Å². The van der Waals surface area contributed by atoms with Crippen LogP contribution in [0.1, 0.15) is 34.5 Å². The third-order valence-electron chi connectivity index (χ3n) is 2.45. The standard InChI is InChI=1S/C10H11NO4/c1-6(12)8-4-11(14)5-9-7(8)2-3-15-10(9)13/h4-6,12H,2-3H2,1H3. The number of pyridine rings is 1. The maximum Gasteiger partial charge on any atom is 0.344 e. The van der Waals surface area contributed by atoms with Crippen LogP contribution in [0.2, 0.25) is 0 Å². The van der Waals surface area contributed by atoms with Gasteiger partial charge in [0, 0.05) is 12.0 Å². The van der Waals surface area contributed by atoms with Crippen molar-refractivity contribution in [1.82, 2.24) is 0 Å². The average molecular weight is 209 g/mol. The van der Waals surface area contributed by atoms with Crippen LogP contribution in [0.5, 0.6) is 0 Å². The van der Waals surface area contributed by atoms with E-state index in [1.54, 1.807) is 6.92 Å². The van der Waals surface area contributed by atoms with E-state index < -0.39 is 12.1 Å². The topological polar surface area (TPSA) is 73.5 Å². The van der Waals surface area contributed by atoms with Crippen molar-refractivity contribution in [3.05, 3.63) is 34.3 Å². The number of carbonyl (C=O) groups excluding carboxylic acids is 1. The molecule has 5 heteroatoms. The number of rotatable bonds is 1. The van der Waals surface area contributed by atoms with Gasteiger partial charge in [0.1, 0.15) is 5.56 Å².